The number of amides is 2. The number of amidine groups is 1. The highest BCUT2D eigenvalue weighted by molar-refractivity contribution is 6.14. The molecule has 6 rings (SSSR count). The first-order chi connectivity index (χ1) is 23.2. The maximum atomic E-state index is 13.9. The van der Waals surface area contributed by atoms with Crippen molar-refractivity contribution in [2.75, 3.05) is 56.9 Å². The third kappa shape index (κ3) is 6.45. The summed E-state index contributed by atoms with van der Waals surface area (Å²) >= 11 is 0. The Bertz CT molecular complexity index is 1860. The van der Waals surface area contributed by atoms with Crippen molar-refractivity contribution in [1.82, 2.24) is 20.1 Å². The Balaban J connectivity index is 1.05. The number of nitrogens with two attached hydrogens (primary N) is 1. The third-order valence-corrected chi connectivity index (χ3v) is 9.48. The van der Waals surface area contributed by atoms with Crippen LogP contribution >= 0.6 is 0 Å². The number of benzene rings is 2. The number of nitrogen functional groups attached to an aromatic ring is 1. The number of pyridine rings is 1. The number of aromatic nitrogens is 1. The molecule has 48 heavy (non-hydrogen) atoms. The number of hydrogen-bond donors (Lipinski definition) is 4. The lowest BCUT2D eigenvalue weighted by atomic mass is 9.85. The first-order valence-corrected chi connectivity index (χ1v) is 16.0. The largest absolute Gasteiger partial charge is 0.398 e. The van der Waals surface area contributed by atoms with E-state index >= 15 is 0 Å². The smallest absolute Gasteiger partial charge is 0.237 e. The molecule has 4 heterocycles. The number of nitrogens with one attached hydrogen (secondary N) is 3. The normalized spacial score (nSPS) is 19.5. The summed E-state index contributed by atoms with van der Waals surface area (Å²) in [6.45, 7) is 3.22. The fourth-order valence-electron chi connectivity index (χ4n) is 6.71. The van der Waals surface area contributed by atoms with Crippen molar-refractivity contribution in [3.8, 4) is 6.07 Å². The standard InChI is InChI=1S/C36H38N10O2/c1-41-23-43-34(40)27-5-3-25(4-6-27)26-10-14-45(15-11-26)32(47)21-44-16-12-36(22-44)13-17-46(35(36)48)28-7-8-30(38)29(18-28)33(39)31-9-2-24(19-37)20-42-31/h2-10,18,20,23,39H,11-17,21-22,38H2,1H3,(H2,40,41,43)/t36-/m0/s1. The number of rotatable bonds is 8. The van der Waals surface area contributed by atoms with Crippen molar-refractivity contribution in [3.63, 3.8) is 0 Å². The van der Waals surface area contributed by atoms with Crippen LogP contribution < -0.4 is 16.0 Å². The number of nitrogens with zero attached hydrogens (tertiary/aromatic N) is 6. The van der Waals surface area contributed by atoms with Gasteiger partial charge in [0, 0.05) is 61.9 Å². The van der Waals surface area contributed by atoms with Gasteiger partial charge in [0.2, 0.25) is 11.8 Å². The SMILES string of the molecule is CN/C=N\C(=N)c1ccc(C2=CCN(C(=O)CN3CC[C@]4(CCN(c5ccc(N)c(C(=N)c6ccc(C#N)cn6)c5)C4=O)C3)CC2)cc1. The van der Waals surface area contributed by atoms with Crippen LogP contribution in [0.25, 0.3) is 5.57 Å². The second-order valence-corrected chi connectivity index (χ2v) is 12.4. The van der Waals surface area contributed by atoms with E-state index in [1.165, 1.54) is 18.1 Å². The molecule has 0 bridgehead atoms. The van der Waals surface area contributed by atoms with E-state index in [2.05, 4.69) is 26.3 Å². The van der Waals surface area contributed by atoms with Crippen LogP contribution in [0.4, 0.5) is 11.4 Å². The molecule has 2 saturated heterocycles. The number of aliphatic imine (C=N–C) groups is 1. The molecule has 0 unspecified atom stereocenters. The van der Waals surface area contributed by atoms with E-state index in [0.29, 0.717) is 73.8 Å². The minimum Gasteiger partial charge on any atom is -0.398 e. The van der Waals surface area contributed by atoms with E-state index in [0.717, 1.165) is 17.5 Å². The van der Waals surface area contributed by atoms with Gasteiger partial charge in [-0.3, -0.25) is 30.3 Å². The summed E-state index contributed by atoms with van der Waals surface area (Å²) in [6.07, 6.45) is 7.15. The first kappa shape index (κ1) is 32.3. The number of hydrogen-bond acceptors (Lipinski definition) is 8. The van der Waals surface area contributed by atoms with Crippen molar-refractivity contribution in [2.24, 2.45) is 10.4 Å². The van der Waals surface area contributed by atoms with Crippen LogP contribution in [0, 0.1) is 27.6 Å². The van der Waals surface area contributed by atoms with Gasteiger partial charge in [-0.25, -0.2) is 4.99 Å². The first-order valence-electron chi connectivity index (χ1n) is 16.0. The number of carbonyl (C=O) groups excluding carboxylic acids is 2. The summed E-state index contributed by atoms with van der Waals surface area (Å²) in [5.74, 6) is 0.293. The van der Waals surface area contributed by atoms with Gasteiger partial charge < -0.3 is 20.9 Å². The zero-order valence-corrected chi connectivity index (χ0v) is 26.9. The Morgan fingerprint density at radius 1 is 1.12 bits per heavy atom. The zero-order chi connectivity index (χ0) is 33.8. The molecule has 1 atom stereocenters. The minimum atomic E-state index is -0.542. The molecule has 2 amide bonds. The lowest BCUT2D eigenvalue weighted by Gasteiger charge is -2.29. The summed E-state index contributed by atoms with van der Waals surface area (Å²) < 4.78 is 0. The van der Waals surface area contributed by atoms with Crippen molar-refractivity contribution in [1.29, 1.82) is 16.1 Å². The Hall–Kier alpha value is -5.67. The average molecular weight is 643 g/mol. The molecule has 1 spiro atoms. The zero-order valence-electron chi connectivity index (χ0n) is 26.9. The molecule has 244 valence electrons. The highest BCUT2D eigenvalue weighted by Crippen LogP contribution is 2.43. The van der Waals surface area contributed by atoms with Gasteiger partial charge in [0.05, 0.1) is 35.3 Å². The maximum absolute atomic E-state index is 13.9. The highest BCUT2D eigenvalue weighted by atomic mass is 16.2. The van der Waals surface area contributed by atoms with Crippen molar-refractivity contribution >= 4 is 46.6 Å². The molecule has 5 N–H and O–H groups in total. The highest BCUT2D eigenvalue weighted by Gasteiger charge is 2.51. The van der Waals surface area contributed by atoms with E-state index < -0.39 is 5.41 Å². The molecule has 3 aromatic rings. The van der Waals surface area contributed by atoms with Crippen molar-refractivity contribution < 1.29 is 9.59 Å². The number of anilines is 2. The predicted molar refractivity (Wildman–Crippen MR) is 186 cm³/mol. The minimum absolute atomic E-state index is 0.0386. The Morgan fingerprint density at radius 3 is 2.60 bits per heavy atom. The monoisotopic (exact) mass is 642 g/mol. The molecule has 1 aromatic heterocycles. The summed E-state index contributed by atoms with van der Waals surface area (Å²) in [5.41, 5.74) is 11.2. The van der Waals surface area contributed by atoms with Crippen LogP contribution in [0.1, 0.15) is 47.2 Å². The van der Waals surface area contributed by atoms with Crippen LogP contribution in [0.5, 0.6) is 0 Å². The molecule has 3 aliphatic rings. The summed E-state index contributed by atoms with van der Waals surface area (Å²) in [5, 5.41) is 28.6. The third-order valence-electron chi connectivity index (χ3n) is 9.48. The lowest BCUT2D eigenvalue weighted by molar-refractivity contribution is -0.132. The molecule has 3 aliphatic heterocycles. The van der Waals surface area contributed by atoms with Crippen molar-refractivity contribution in [3.05, 3.63) is 94.8 Å². The van der Waals surface area contributed by atoms with Gasteiger partial charge in [-0.05, 0) is 67.3 Å². The number of carbonyl (C=O) groups is 2. The lowest BCUT2D eigenvalue weighted by Crippen LogP contribution is -2.43. The average Bonchev–Trinajstić information content (AvgIpc) is 3.68. The van der Waals surface area contributed by atoms with Crippen LogP contribution in [0.3, 0.4) is 0 Å². The second-order valence-electron chi connectivity index (χ2n) is 12.4. The molecule has 0 aliphatic carbocycles. The Kier molecular flexibility index (Phi) is 9.14. The van der Waals surface area contributed by atoms with E-state index in [-0.39, 0.29) is 29.9 Å². The molecular weight excluding hydrogens is 604 g/mol. The Labute approximate surface area is 279 Å². The molecule has 2 aromatic carbocycles. The Morgan fingerprint density at radius 2 is 1.92 bits per heavy atom. The van der Waals surface area contributed by atoms with E-state index in [1.807, 2.05) is 41.3 Å². The quantitative estimate of drug-likeness (QED) is 0.165. The van der Waals surface area contributed by atoms with Crippen LogP contribution in [-0.2, 0) is 9.59 Å². The van der Waals surface area contributed by atoms with E-state index in [1.54, 1.807) is 36.2 Å². The number of likely N-dealkylation sites (tertiary alicyclic amines) is 1. The predicted octanol–water partition coefficient (Wildman–Crippen LogP) is 3.27. The van der Waals surface area contributed by atoms with Gasteiger partial charge in [0.15, 0.2) is 5.84 Å². The molecule has 12 nitrogen and oxygen atoms in total. The summed E-state index contributed by atoms with van der Waals surface area (Å²) in [7, 11) is 1.74. The van der Waals surface area contributed by atoms with Crippen molar-refractivity contribution in [2.45, 2.75) is 19.3 Å². The second kappa shape index (κ2) is 13.6. The molecule has 0 saturated carbocycles. The maximum Gasteiger partial charge on any atom is 0.237 e. The summed E-state index contributed by atoms with van der Waals surface area (Å²) in [6, 6.07) is 18.3. The van der Waals surface area contributed by atoms with Gasteiger partial charge in [-0.1, -0.05) is 30.3 Å². The molecule has 2 fully saturated rings. The van der Waals surface area contributed by atoms with Crippen LogP contribution in [0.2, 0.25) is 0 Å². The van der Waals surface area contributed by atoms with Gasteiger partial charge in [0.25, 0.3) is 0 Å². The van der Waals surface area contributed by atoms with Gasteiger partial charge in [0.1, 0.15) is 6.07 Å². The van der Waals surface area contributed by atoms with Gasteiger partial charge in [-0.15, -0.1) is 0 Å². The molecule has 0 radical (unpaired) electrons. The van der Waals surface area contributed by atoms with Gasteiger partial charge in [-0.2, -0.15) is 5.26 Å². The van der Waals surface area contributed by atoms with Crippen LogP contribution in [0.15, 0.2) is 71.9 Å². The summed E-state index contributed by atoms with van der Waals surface area (Å²) in [4.78, 5) is 41.2. The molecular formula is C36H38N10O2. The fraction of sp³-hybridized carbons (Fsp3) is 0.306. The topological polar surface area (TPSA) is 179 Å². The number of nitriles is 1. The van der Waals surface area contributed by atoms with Crippen LogP contribution in [-0.4, -0.2) is 90.8 Å². The van der Waals surface area contributed by atoms with E-state index in [9.17, 15) is 9.59 Å². The van der Waals surface area contributed by atoms with Gasteiger partial charge >= 0.3 is 0 Å². The molecule has 12 heteroatoms. The van der Waals surface area contributed by atoms with E-state index in [4.69, 9.17) is 21.8 Å². The fourth-order valence-corrected chi connectivity index (χ4v) is 6.71.